The molecule has 2 aliphatic rings. The Morgan fingerprint density at radius 2 is 0.907 bits per heavy atom. The maximum absolute atomic E-state index is 4.93. The van der Waals surface area contributed by atoms with Crippen LogP contribution in [-0.2, 0) is 33.7 Å². The van der Waals surface area contributed by atoms with Crippen molar-refractivity contribution in [1.82, 2.24) is 0 Å². The quantitative estimate of drug-likeness (QED) is 0.106. The Labute approximate surface area is 348 Å². The average Bonchev–Trinajstić information content (AvgIpc) is 3.83. The van der Waals surface area contributed by atoms with Gasteiger partial charge in [-0.3, -0.25) is 0 Å². The van der Waals surface area contributed by atoms with Gasteiger partial charge in [-0.15, -0.1) is 69.1 Å². The van der Waals surface area contributed by atoms with Crippen molar-refractivity contribution in [2.45, 2.75) is 129 Å². The molecule has 0 heterocycles. The van der Waals surface area contributed by atoms with Gasteiger partial charge in [0.15, 0.2) is 0 Å². The van der Waals surface area contributed by atoms with Crippen LogP contribution in [0.15, 0.2) is 109 Å². The summed E-state index contributed by atoms with van der Waals surface area (Å²) >= 11 is -0.826. The summed E-state index contributed by atoms with van der Waals surface area (Å²) in [4.78, 5) is 0. The molecule has 0 spiro atoms. The zero-order valence-corrected chi connectivity index (χ0v) is 38.2. The van der Waals surface area contributed by atoms with E-state index in [-0.39, 0.29) is 0 Å². The van der Waals surface area contributed by atoms with E-state index >= 15 is 0 Å². The van der Waals surface area contributed by atoms with E-state index in [9.17, 15) is 0 Å². The summed E-state index contributed by atoms with van der Waals surface area (Å²) in [6, 6.07) is 41.8. The van der Waals surface area contributed by atoms with E-state index in [1.165, 1.54) is 145 Å². The molecule has 6 aromatic carbocycles. The summed E-state index contributed by atoms with van der Waals surface area (Å²) in [6.07, 6.45) is 18.7. The van der Waals surface area contributed by atoms with Gasteiger partial charge in [-0.1, -0.05) is 150 Å². The van der Waals surface area contributed by atoms with Gasteiger partial charge in [0.25, 0.3) is 0 Å². The third-order valence-corrected chi connectivity index (χ3v) is 11.3. The molecule has 0 aromatic heterocycles. The Bertz CT molecular complexity index is 1800. The number of aryl methyl sites for hydroxylation is 2. The molecule has 8 rings (SSSR count). The summed E-state index contributed by atoms with van der Waals surface area (Å²) in [5.41, 5.74) is 11.5. The average molecular weight is 851 g/mol. The number of rotatable bonds is 8. The molecule has 54 heavy (non-hydrogen) atoms. The summed E-state index contributed by atoms with van der Waals surface area (Å²) in [5, 5.41) is 5.58. The van der Waals surface area contributed by atoms with Gasteiger partial charge in [-0.25, -0.2) is 0 Å². The third-order valence-electron chi connectivity index (χ3n) is 11.3. The molecule has 0 amide bonds. The van der Waals surface area contributed by atoms with Crippen molar-refractivity contribution >= 4 is 48.1 Å². The van der Waals surface area contributed by atoms with E-state index < -0.39 is 20.8 Å². The van der Waals surface area contributed by atoms with Crippen LogP contribution in [0.1, 0.15) is 125 Å². The fraction of sp³-hybridized carbons (Fsp3) is 0.400. The predicted octanol–water partition coefficient (Wildman–Crippen LogP) is 16.6. The number of halogens is 2. The third kappa shape index (κ3) is 11.9. The Hall–Kier alpha value is -2.22. The van der Waals surface area contributed by atoms with E-state index in [1.807, 2.05) is 0 Å². The first kappa shape index (κ1) is 42.9. The topological polar surface area (TPSA) is 0 Å². The molecule has 282 valence electrons. The van der Waals surface area contributed by atoms with Crippen molar-refractivity contribution < 1.29 is 20.8 Å². The van der Waals surface area contributed by atoms with Gasteiger partial charge in [0.2, 0.25) is 0 Å². The molecule has 2 fully saturated rings. The van der Waals surface area contributed by atoms with E-state index in [0.29, 0.717) is 0 Å². The summed E-state index contributed by atoms with van der Waals surface area (Å²) in [6.45, 7) is 8.81. The van der Waals surface area contributed by atoms with Crippen LogP contribution in [0.4, 0.5) is 0 Å². The second-order valence-corrected chi connectivity index (χ2v) is 20.1. The molecule has 6 aromatic rings. The second kappa shape index (κ2) is 23.1. The number of hydrogen-bond donors (Lipinski definition) is 0. The van der Waals surface area contributed by atoms with E-state index in [2.05, 4.69) is 136 Å². The van der Waals surface area contributed by atoms with Crippen LogP contribution < -0.4 is 0 Å². The van der Waals surface area contributed by atoms with Crippen LogP contribution in [0.2, 0.25) is 13.1 Å². The Kier molecular flexibility index (Phi) is 18.4. The second-order valence-electron chi connectivity index (χ2n) is 15.3. The van der Waals surface area contributed by atoms with Gasteiger partial charge in [-0.2, -0.15) is 12.1 Å². The van der Waals surface area contributed by atoms with Crippen molar-refractivity contribution in [3.8, 4) is 22.3 Å². The molecule has 0 bridgehead atoms. The summed E-state index contributed by atoms with van der Waals surface area (Å²) in [5.74, 6) is 1.58. The molecule has 0 saturated heterocycles. The normalized spacial score (nSPS) is 14.6. The van der Waals surface area contributed by atoms with Crippen LogP contribution in [0.5, 0.6) is 0 Å². The standard InChI is InChI=1S/2C24H27.C2H6Si.2ClH.Zr/c2*1-2-7-18-16-22-10-6-11-23(24(22)17-18)21-14-12-20(13-15-21)19-8-4-3-5-9-19;1-3-2;;;/h2*6,10-17,19H,2-5,7-9H2,1H3;1-2H3;2*1H;/q2*-1;;;;+4/p-2. The zero-order chi connectivity index (χ0) is 38.1. The predicted molar refractivity (Wildman–Crippen MR) is 239 cm³/mol. The molecular weight excluding hydrogens is 791 g/mol. The molecule has 0 nitrogen and oxygen atoms in total. The molecule has 0 unspecified atom stereocenters. The Morgan fingerprint density at radius 3 is 1.24 bits per heavy atom. The van der Waals surface area contributed by atoms with Crippen LogP contribution in [-0.4, -0.2) is 9.52 Å². The molecule has 4 heteroatoms. The fourth-order valence-corrected chi connectivity index (χ4v) is 8.70. The van der Waals surface area contributed by atoms with Crippen LogP contribution >= 0.6 is 17.0 Å². The van der Waals surface area contributed by atoms with Crippen LogP contribution in [0.3, 0.4) is 0 Å². The SMILES string of the molecule is CCCc1cc2c(-c3ccc(C4CCCCC4)cc3)cccc2[cH-]1.CCCc1cc2c(-c3ccc(C4CCCCC4)cc3)cccc2[cH-]1.C[Si]C.[Cl][Zr+2][Cl]. The first-order valence-corrected chi connectivity index (χ1v) is 29.0. The number of benzene rings is 4. The molecule has 0 atom stereocenters. The monoisotopic (exact) mass is 848 g/mol. The molecule has 2 saturated carbocycles. The Balaban J connectivity index is 0.000000182. The molecular formula is C50H60Cl2SiZr. The minimum atomic E-state index is -0.826. The Morgan fingerprint density at radius 1 is 0.556 bits per heavy atom. The van der Waals surface area contributed by atoms with E-state index in [4.69, 9.17) is 17.0 Å². The minimum absolute atomic E-state index is 0.790. The van der Waals surface area contributed by atoms with Crippen molar-refractivity contribution in [1.29, 1.82) is 0 Å². The molecule has 0 N–H and O–H groups in total. The van der Waals surface area contributed by atoms with Gasteiger partial charge >= 0.3 is 37.9 Å². The zero-order valence-electron chi connectivity index (χ0n) is 33.2. The van der Waals surface area contributed by atoms with E-state index in [1.54, 1.807) is 11.1 Å². The maximum atomic E-state index is 4.93. The van der Waals surface area contributed by atoms with Gasteiger partial charge in [-0.05, 0) is 72.6 Å². The van der Waals surface area contributed by atoms with Gasteiger partial charge in [0.1, 0.15) is 0 Å². The van der Waals surface area contributed by atoms with Crippen LogP contribution in [0, 0.1) is 0 Å². The van der Waals surface area contributed by atoms with Crippen molar-refractivity contribution in [2.75, 3.05) is 0 Å². The summed E-state index contributed by atoms with van der Waals surface area (Å²) in [7, 11) is 11.0. The van der Waals surface area contributed by atoms with Crippen molar-refractivity contribution in [2.24, 2.45) is 0 Å². The number of fused-ring (bicyclic) bond motifs is 2. The molecule has 2 aliphatic carbocycles. The molecule has 2 radical (unpaired) electrons. The molecule has 0 aliphatic heterocycles. The number of hydrogen-bond acceptors (Lipinski definition) is 0. The fourth-order valence-electron chi connectivity index (χ4n) is 8.70. The van der Waals surface area contributed by atoms with Gasteiger partial charge < -0.3 is 0 Å². The van der Waals surface area contributed by atoms with Gasteiger partial charge in [0, 0.05) is 9.52 Å². The van der Waals surface area contributed by atoms with Gasteiger partial charge in [0.05, 0.1) is 0 Å². The van der Waals surface area contributed by atoms with Crippen molar-refractivity contribution in [3.05, 3.63) is 131 Å². The van der Waals surface area contributed by atoms with Crippen molar-refractivity contribution in [3.63, 3.8) is 0 Å². The summed E-state index contributed by atoms with van der Waals surface area (Å²) < 4.78 is 0. The first-order chi connectivity index (χ1) is 26.5. The van der Waals surface area contributed by atoms with E-state index in [0.717, 1.165) is 21.4 Å². The van der Waals surface area contributed by atoms with Crippen LogP contribution in [0.25, 0.3) is 43.8 Å². The first-order valence-electron chi connectivity index (χ1n) is 20.6.